The van der Waals surface area contributed by atoms with Crippen LogP contribution in [0.4, 0.5) is 5.69 Å². The number of halogens is 2. The Kier molecular flexibility index (Phi) is 7.40. The van der Waals surface area contributed by atoms with Crippen LogP contribution in [0.3, 0.4) is 0 Å². The second-order valence-corrected chi connectivity index (χ2v) is 6.38. The summed E-state index contributed by atoms with van der Waals surface area (Å²) in [5, 5.41) is 3.19. The molecule has 0 saturated heterocycles. The lowest BCUT2D eigenvalue weighted by Crippen LogP contribution is -2.13. The quantitative estimate of drug-likeness (QED) is 0.607. The Balaban J connectivity index is 1.86. The van der Waals surface area contributed by atoms with Crippen molar-refractivity contribution in [3.05, 3.63) is 45.9 Å². The molecule has 0 saturated carbocycles. The van der Waals surface area contributed by atoms with Crippen molar-refractivity contribution in [3.8, 4) is 17.2 Å². The molecule has 25 heavy (non-hydrogen) atoms. The molecule has 1 N–H and O–H groups in total. The van der Waals surface area contributed by atoms with Crippen LogP contribution in [-0.2, 0) is 4.79 Å². The molecule has 0 aliphatic carbocycles. The molecule has 0 bridgehead atoms. The van der Waals surface area contributed by atoms with Gasteiger partial charge < -0.3 is 19.5 Å². The number of hydrogen-bond acceptors (Lipinski definition) is 4. The number of carbonyl (C=O) groups excluding carboxylic acids is 1. The third kappa shape index (κ3) is 5.54. The molecule has 0 spiro atoms. The Morgan fingerprint density at radius 1 is 1.12 bits per heavy atom. The van der Waals surface area contributed by atoms with Gasteiger partial charge in [0.15, 0.2) is 0 Å². The predicted molar refractivity (Wildman–Crippen MR) is 102 cm³/mol. The van der Waals surface area contributed by atoms with E-state index in [-0.39, 0.29) is 5.91 Å². The summed E-state index contributed by atoms with van der Waals surface area (Å²) in [4.78, 5) is 12.1. The number of hydrogen-bond donors (Lipinski definition) is 1. The molecular formula is C18H19BrClNO4. The number of anilines is 1. The fourth-order valence-electron chi connectivity index (χ4n) is 2.15. The number of carbonyl (C=O) groups is 1. The van der Waals surface area contributed by atoms with Crippen molar-refractivity contribution in [1.82, 2.24) is 0 Å². The van der Waals surface area contributed by atoms with Gasteiger partial charge in [-0.2, -0.15) is 0 Å². The molecule has 0 heterocycles. The Morgan fingerprint density at radius 3 is 2.52 bits per heavy atom. The molecule has 0 aliphatic heterocycles. The molecule has 7 heteroatoms. The van der Waals surface area contributed by atoms with Crippen molar-refractivity contribution in [3.63, 3.8) is 0 Å². The molecule has 134 valence electrons. The van der Waals surface area contributed by atoms with Crippen LogP contribution >= 0.6 is 27.5 Å². The van der Waals surface area contributed by atoms with Gasteiger partial charge in [-0.05, 0) is 40.5 Å². The number of nitrogens with one attached hydrogen (secondary N) is 1. The van der Waals surface area contributed by atoms with Gasteiger partial charge in [0, 0.05) is 12.5 Å². The maximum absolute atomic E-state index is 12.1. The predicted octanol–water partition coefficient (Wildman–Crippen LogP) is 4.92. The highest BCUT2D eigenvalue weighted by Gasteiger charge is 2.12. The average molecular weight is 429 g/mol. The zero-order valence-electron chi connectivity index (χ0n) is 14.0. The van der Waals surface area contributed by atoms with Crippen LogP contribution in [-0.4, -0.2) is 26.7 Å². The number of ether oxygens (including phenoxy) is 3. The molecule has 2 rings (SSSR count). The first kappa shape index (κ1) is 19.4. The molecule has 0 radical (unpaired) electrons. The van der Waals surface area contributed by atoms with Gasteiger partial charge in [0.25, 0.3) is 0 Å². The molecule has 2 aromatic carbocycles. The van der Waals surface area contributed by atoms with Crippen molar-refractivity contribution >= 4 is 39.1 Å². The van der Waals surface area contributed by atoms with Gasteiger partial charge in [-0.15, -0.1) is 0 Å². The summed E-state index contributed by atoms with van der Waals surface area (Å²) in [7, 11) is 3.04. The summed E-state index contributed by atoms with van der Waals surface area (Å²) in [6.45, 7) is 0.441. The number of benzene rings is 2. The second-order valence-electron chi connectivity index (χ2n) is 5.12. The summed E-state index contributed by atoms with van der Waals surface area (Å²) in [5.74, 6) is 1.58. The molecule has 0 aromatic heterocycles. The van der Waals surface area contributed by atoms with E-state index >= 15 is 0 Å². The maximum Gasteiger partial charge on any atom is 0.224 e. The zero-order chi connectivity index (χ0) is 18.2. The van der Waals surface area contributed by atoms with Crippen LogP contribution in [0.2, 0.25) is 5.02 Å². The fraction of sp³-hybridized carbons (Fsp3) is 0.278. The third-order valence-electron chi connectivity index (χ3n) is 3.39. The van der Waals surface area contributed by atoms with Gasteiger partial charge in [0.2, 0.25) is 5.91 Å². The summed E-state index contributed by atoms with van der Waals surface area (Å²) in [6, 6.07) is 10.8. The SMILES string of the molecule is COc1cc(OC)c(NC(=O)CCCOc2ccccc2Br)cc1Cl. The molecule has 0 fully saturated rings. The van der Waals surface area contributed by atoms with E-state index in [1.807, 2.05) is 24.3 Å². The van der Waals surface area contributed by atoms with Crippen molar-refractivity contribution in [2.75, 3.05) is 26.1 Å². The Labute approximate surface area is 160 Å². The summed E-state index contributed by atoms with van der Waals surface area (Å²) in [5.41, 5.74) is 0.505. The standard InChI is InChI=1S/C18H19BrClNO4/c1-23-16-11-17(24-2)14(10-13(16)20)21-18(22)8-5-9-25-15-7-4-3-6-12(15)19/h3-4,6-7,10-11H,5,8-9H2,1-2H3,(H,21,22). The Hall–Kier alpha value is -1.92. The van der Waals surface area contributed by atoms with E-state index in [1.165, 1.54) is 14.2 Å². The first-order valence-corrected chi connectivity index (χ1v) is 8.81. The molecule has 5 nitrogen and oxygen atoms in total. The van der Waals surface area contributed by atoms with E-state index in [4.69, 9.17) is 25.8 Å². The molecular weight excluding hydrogens is 410 g/mol. The van der Waals surface area contributed by atoms with Gasteiger partial charge in [-0.3, -0.25) is 4.79 Å². The molecule has 2 aromatic rings. The second kappa shape index (κ2) is 9.53. The van der Waals surface area contributed by atoms with Crippen LogP contribution in [0.15, 0.2) is 40.9 Å². The lowest BCUT2D eigenvalue weighted by molar-refractivity contribution is -0.116. The van der Waals surface area contributed by atoms with E-state index in [0.717, 1.165) is 10.2 Å². The Bertz CT molecular complexity index is 739. The molecule has 0 aliphatic rings. The van der Waals surface area contributed by atoms with E-state index < -0.39 is 0 Å². The zero-order valence-corrected chi connectivity index (χ0v) is 16.3. The lowest BCUT2D eigenvalue weighted by atomic mass is 10.2. The van der Waals surface area contributed by atoms with Crippen LogP contribution in [0.25, 0.3) is 0 Å². The number of rotatable bonds is 8. The maximum atomic E-state index is 12.1. The first-order chi connectivity index (χ1) is 12.0. The Morgan fingerprint density at radius 2 is 1.84 bits per heavy atom. The van der Waals surface area contributed by atoms with Gasteiger partial charge >= 0.3 is 0 Å². The third-order valence-corrected chi connectivity index (χ3v) is 4.34. The van der Waals surface area contributed by atoms with Gasteiger partial charge in [-0.1, -0.05) is 23.7 Å². The number of amides is 1. The molecule has 1 amide bonds. The average Bonchev–Trinajstić information content (AvgIpc) is 2.60. The fourth-order valence-corrected chi connectivity index (χ4v) is 2.79. The van der Waals surface area contributed by atoms with E-state index in [1.54, 1.807) is 12.1 Å². The minimum atomic E-state index is -0.143. The van der Waals surface area contributed by atoms with Gasteiger partial charge in [0.1, 0.15) is 17.2 Å². The smallest absolute Gasteiger partial charge is 0.224 e. The summed E-state index contributed by atoms with van der Waals surface area (Å²) >= 11 is 9.51. The van der Waals surface area contributed by atoms with E-state index in [2.05, 4.69) is 21.2 Å². The molecule has 0 atom stereocenters. The van der Waals surface area contributed by atoms with Crippen molar-refractivity contribution < 1.29 is 19.0 Å². The van der Waals surface area contributed by atoms with Gasteiger partial charge in [-0.25, -0.2) is 0 Å². The van der Waals surface area contributed by atoms with Crippen LogP contribution in [0, 0.1) is 0 Å². The summed E-state index contributed by atoms with van der Waals surface area (Å²) in [6.07, 6.45) is 0.899. The summed E-state index contributed by atoms with van der Waals surface area (Å²) < 4.78 is 16.9. The van der Waals surface area contributed by atoms with Crippen LogP contribution in [0.1, 0.15) is 12.8 Å². The number of para-hydroxylation sites is 1. The monoisotopic (exact) mass is 427 g/mol. The molecule has 0 unspecified atom stereocenters. The van der Waals surface area contributed by atoms with Crippen LogP contribution < -0.4 is 19.5 Å². The minimum Gasteiger partial charge on any atom is -0.495 e. The number of methoxy groups -OCH3 is 2. The topological polar surface area (TPSA) is 56.8 Å². The lowest BCUT2D eigenvalue weighted by Gasteiger charge is -2.13. The van der Waals surface area contributed by atoms with E-state index in [9.17, 15) is 4.79 Å². The largest absolute Gasteiger partial charge is 0.495 e. The highest BCUT2D eigenvalue weighted by molar-refractivity contribution is 9.10. The van der Waals surface area contributed by atoms with E-state index in [0.29, 0.717) is 41.7 Å². The van der Waals surface area contributed by atoms with Crippen molar-refractivity contribution in [1.29, 1.82) is 0 Å². The highest BCUT2D eigenvalue weighted by atomic mass is 79.9. The minimum absolute atomic E-state index is 0.143. The van der Waals surface area contributed by atoms with Crippen molar-refractivity contribution in [2.45, 2.75) is 12.8 Å². The van der Waals surface area contributed by atoms with Gasteiger partial charge in [0.05, 0.1) is 36.0 Å². The van der Waals surface area contributed by atoms with Crippen molar-refractivity contribution in [2.24, 2.45) is 0 Å². The highest BCUT2D eigenvalue weighted by Crippen LogP contribution is 2.36. The van der Waals surface area contributed by atoms with Crippen LogP contribution in [0.5, 0.6) is 17.2 Å². The normalized spacial score (nSPS) is 10.2. The first-order valence-electron chi connectivity index (χ1n) is 7.64.